The van der Waals surface area contributed by atoms with Crippen molar-refractivity contribution in [2.75, 3.05) is 18.5 Å². The highest BCUT2D eigenvalue weighted by Gasteiger charge is 2.37. The van der Waals surface area contributed by atoms with E-state index in [1.165, 1.54) is 12.8 Å². The van der Waals surface area contributed by atoms with Gasteiger partial charge in [0, 0.05) is 30.6 Å². The van der Waals surface area contributed by atoms with E-state index in [0.717, 1.165) is 67.1 Å². The molecule has 2 heterocycles. The topological polar surface area (TPSA) is 57.8 Å². The molecule has 4 rings (SSSR count). The zero-order valence-electron chi connectivity index (χ0n) is 17.8. The molecule has 2 aromatic rings. The molecule has 0 bridgehead atoms. The van der Waals surface area contributed by atoms with Crippen molar-refractivity contribution in [1.29, 1.82) is 0 Å². The van der Waals surface area contributed by atoms with Crippen LogP contribution in [-0.4, -0.2) is 29.6 Å². The molecule has 0 spiro atoms. The van der Waals surface area contributed by atoms with Gasteiger partial charge in [-0.1, -0.05) is 44.9 Å². The van der Waals surface area contributed by atoms with E-state index in [1.807, 2.05) is 42.2 Å². The van der Waals surface area contributed by atoms with Crippen molar-refractivity contribution in [2.24, 2.45) is 10.5 Å². The Morgan fingerprint density at radius 1 is 1.07 bits per heavy atom. The van der Waals surface area contributed by atoms with Crippen molar-refractivity contribution in [3.63, 3.8) is 0 Å². The first-order valence-electron chi connectivity index (χ1n) is 10.7. The summed E-state index contributed by atoms with van der Waals surface area (Å²) in [5, 5.41) is 4.73. The van der Waals surface area contributed by atoms with E-state index >= 15 is 0 Å². The maximum Gasteiger partial charge on any atom is 0.289 e. The van der Waals surface area contributed by atoms with Crippen molar-refractivity contribution >= 4 is 17.3 Å². The first-order valence-corrected chi connectivity index (χ1v) is 10.7. The lowest BCUT2D eigenvalue weighted by atomic mass is 9.75. The van der Waals surface area contributed by atoms with E-state index in [1.54, 1.807) is 0 Å². The maximum atomic E-state index is 13.2. The summed E-state index contributed by atoms with van der Waals surface area (Å²) in [5.74, 6) is 1.43. The van der Waals surface area contributed by atoms with Crippen LogP contribution in [0, 0.1) is 12.3 Å². The number of rotatable bonds is 3. The van der Waals surface area contributed by atoms with Gasteiger partial charge in [-0.05, 0) is 43.7 Å². The van der Waals surface area contributed by atoms with E-state index in [0.29, 0.717) is 5.76 Å². The monoisotopic (exact) mass is 393 g/mol. The van der Waals surface area contributed by atoms with E-state index in [2.05, 4.69) is 19.3 Å². The van der Waals surface area contributed by atoms with Crippen LogP contribution in [0.1, 0.15) is 73.4 Å². The summed E-state index contributed by atoms with van der Waals surface area (Å²) in [6.07, 6.45) is 6.22. The van der Waals surface area contributed by atoms with Gasteiger partial charge < -0.3 is 9.32 Å². The Labute approximate surface area is 173 Å². The van der Waals surface area contributed by atoms with Gasteiger partial charge in [0.05, 0.1) is 11.4 Å². The number of nitrogens with zero attached hydrogens (tertiary/aromatic N) is 2. The Bertz CT molecular complexity index is 904. The Morgan fingerprint density at radius 2 is 1.76 bits per heavy atom. The van der Waals surface area contributed by atoms with Crippen LogP contribution < -0.4 is 5.43 Å². The molecule has 0 saturated carbocycles. The van der Waals surface area contributed by atoms with Crippen molar-refractivity contribution in [3.8, 4) is 0 Å². The molecule has 0 radical (unpaired) electrons. The number of nitrogens with one attached hydrogen (secondary N) is 1. The highest BCUT2D eigenvalue weighted by atomic mass is 16.4. The van der Waals surface area contributed by atoms with Gasteiger partial charge in [0.25, 0.3) is 5.91 Å². The number of hydrogen-bond donors (Lipinski definition) is 1. The fourth-order valence-corrected chi connectivity index (χ4v) is 4.48. The Hall–Kier alpha value is -2.56. The molecule has 0 unspecified atom stereocenters. The number of benzene rings is 1. The molecule has 154 valence electrons. The van der Waals surface area contributed by atoms with Gasteiger partial charge in [0.1, 0.15) is 5.76 Å². The van der Waals surface area contributed by atoms with Crippen LogP contribution >= 0.6 is 0 Å². The molecular weight excluding hydrogens is 362 g/mol. The lowest BCUT2D eigenvalue weighted by Crippen LogP contribution is -2.32. The molecule has 1 N–H and O–H groups in total. The molecule has 1 aliphatic carbocycles. The fraction of sp³-hybridized carbons (Fsp3) is 0.500. The molecule has 1 aromatic carbocycles. The second-order valence-electron chi connectivity index (χ2n) is 9.11. The van der Waals surface area contributed by atoms with Crippen LogP contribution in [-0.2, 0) is 6.42 Å². The number of para-hydroxylation sites is 1. The zero-order valence-corrected chi connectivity index (χ0v) is 17.8. The van der Waals surface area contributed by atoms with Crippen LogP contribution in [0.25, 0.3) is 0 Å². The number of anilines is 1. The summed E-state index contributed by atoms with van der Waals surface area (Å²) in [7, 11) is 0. The smallest absolute Gasteiger partial charge is 0.289 e. The minimum atomic E-state index is 0.0342. The fourth-order valence-electron chi connectivity index (χ4n) is 4.48. The summed E-state index contributed by atoms with van der Waals surface area (Å²) < 4.78 is 6.21. The predicted molar refractivity (Wildman–Crippen MR) is 117 cm³/mol. The maximum absolute atomic E-state index is 13.2. The Kier molecular flexibility index (Phi) is 5.48. The summed E-state index contributed by atoms with van der Waals surface area (Å²) >= 11 is 0. The van der Waals surface area contributed by atoms with Crippen LogP contribution in [0.4, 0.5) is 5.69 Å². The van der Waals surface area contributed by atoms with Crippen molar-refractivity contribution in [1.82, 2.24) is 4.90 Å². The van der Waals surface area contributed by atoms with Gasteiger partial charge in [-0.2, -0.15) is 5.10 Å². The average molecular weight is 394 g/mol. The Balaban J connectivity index is 1.67. The predicted octanol–water partition coefficient (Wildman–Crippen LogP) is 5.39. The molecule has 29 heavy (non-hydrogen) atoms. The standard InChI is InChI=1S/C24H31N3O2/c1-17-21-19(26-25-18-11-7-6-8-12-18)15-24(2,3)16-20(21)29-22(17)23(28)27-13-9-4-5-10-14-27/h6-8,11-12,25H,4-5,9-10,13-16H2,1-3H3/b26-19-. The quantitative estimate of drug-likeness (QED) is 0.711. The molecule has 0 atom stereocenters. The van der Waals surface area contributed by atoms with Crippen LogP contribution in [0.15, 0.2) is 39.9 Å². The molecular formula is C24H31N3O2. The SMILES string of the molecule is Cc1c(C(=O)N2CCCCCC2)oc2c1/C(=N\Nc1ccccc1)CC(C)(C)C2. The lowest BCUT2D eigenvalue weighted by Gasteiger charge is -2.29. The number of amides is 1. The molecule has 1 fully saturated rings. The molecule has 5 heteroatoms. The number of hydrazone groups is 1. The zero-order chi connectivity index (χ0) is 20.4. The average Bonchev–Trinajstić information content (AvgIpc) is 2.88. The second-order valence-corrected chi connectivity index (χ2v) is 9.11. The van der Waals surface area contributed by atoms with E-state index in [9.17, 15) is 4.79 Å². The van der Waals surface area contributed by atoms with Crippen molar-refractivity contribution in [3.05, 3.63) is 53.0 Å². The molecule has 1 amide bonds. The molecule has 1 aliphatic heterocycles. The number of likely N-dealkylation sites (tertiary alicyclic amines) is 1. The third-order valence-corrected chi connectivity index (χ3v) is 5.97. The number of carbonyl (C=O) groups excluding carboxylic acids is 1. The van der Waals surface area contributed by atoms with Crippen molar-refractivity contribution in [2.45, 2.75) is 59.3 Å². The third kappa shape index (κ3) is 4.24. The molecule has 2 aliphatic rings. The van der Waals surface area contributed by atoms with Gasteiger partial charge in [-0.25, -0.2) is 0 Å². The number of carbonyl (C=O) groups is 1. The second kappa shape index (κ2) is 8.05. The van der Waals surface area contributed by atoms with E-state index in [4.69, 9.17) is 9.52 Å². The van der Waals surface area contributed by atoms with Crippen LogP contribution in [0.2, 0.25) is 0 Å². The number of furan rings is 1. The van der Waals surface area contributed by atoms with E-state index in [-0.39, 0.29) is 11.3 Å². The minimum absolute atomic E-state index is 0.0342. The summed E-state index contributed by atoms with van der Waals surface area (Å²) in [5.41, 5.74) is 7.09. The highest BCUT2D eigenvalue weighted by molar-refractivity contribution is 6.07. The summed E-state index contributed by atoms with van der Waals surface area (Å²) in [6.45, 7) is 8.10. The van der Waals surface area contributed by atoms with Gasteiger partial charge in [0.2, 0.25) is 0 Å². The van der Waals surface area contributed by atoms with Gasteiger partial charge in [-0.3, -0.25) is 10.2 Å². The number of fused-ring (bicyclic) bond motifs is 1. The first-order chi connectivity index (χ1) is 13.9. The van der Waals surface area contributed by atoms with Gasteiger partial charge in [-0.15, -0.1) is 0 Å². The number of hydrogen-bond acceptors (Lipinski definition) is 4. The van der Waals surface area contributed by atoms with Gasteiger partial charge in [0.15, 0.2) is 5.76 Å². The first kappa shape index (κ1) is 19.7. The molecule has 1 aromatic heterocycles. The largest absolute Gasteiger partial charge is 0.455 e. The highest BCUT2D eigenvalue weighted by Crippen LogP contribution is 2.39. The van der Waals surface area contributed by atoms with E-state index < -0.39 is 0 Å². The summed E-state index contributed by atoms with van der Waals surface area (Å²) in [6, 6.07) is 9.95. The van der Waals surface area contributed by atoms with Gasteiger partial charge >= 0.3 is 0 Å². The van der Waals surface area contributed by atoms with Crippen LogP contribution in [0.3, 0.4) is 0 Å². The van der Waals surface area contributed by atoms with Crippen molar-refractivity contribution < 1.29 is 9.21 Å². The molecule has 5 nitrogen and oxygen atoms in total. The molecule has 1 saturated heterocycles. The third-order valence-electron chi connectivity index (χ3n) is 5.97. The minimum Gasteiger partial charge on any atom is -0.455 e. The normalized spacial score (nSPS) is 20.2. The summed E-state index contributed by atoms with van der Waals surface area (Å²) in [4.78, 5) is 15.2. The lowest BCUT2D eigenvalue weighted by molar-refractivity contribution is 0.0725. The van der Waals surface area contributed by atoms with Crippen LogP contribution in [0.5, 0.6) is 0 Å². The Morgan fingerprint density at radius 3 is 2.45 bits per heavy atom.